The predicted molar refractivity (Wildman–Crippen MR) is 68.1 cm³/mol. The number of hydrogen-bond acceptors (Lipinski definition) is 3. The maximum Gasteiger partial charge on any atom is 0.137 e. The van der Waals surface area contributed by atoms with Crippen LogP contribution in [-0.4, -0.2) is 26.5 Å². The molecule has 0 radical (unpaired) electrons. The molecule has 3 rings (SSSR count). The summed E-state index contributed by atoms with van der Waals surface area (Å²) in [5.74, 6) is 1.76. The molecule has 0 fully saturated rings. The third kappa shape index (κ3) is 2.38. The number of rotatable bonds is 3. The lowest BCUT2D eigenvalue weighted by Gasteiger charge is -2.22. The van der Waals surface area contributed by atoms with Gasteiger partial charge in [0.05, 0.1) is 0 Å². The average Bonchev–Trinajstić information content (AvgIpc) is 2.84. The molecule has 2 aromatic rings. The number of fused-ring (bicyclic) bond motifs is 1. The second-order valence-corrected chi connectivity index (χ2v) is 5.00. The number of aliphatic hydroxyl groups excluding tert-OH is 1. The summed E-state index contributed by atoms with van der Waals surface area (Å²) in [5.41, 5.74) is 0.629. The minimum absolute atomic E-state index is 0.177. The van der Waals surface area contributed by atoms with E-state index in [2.05, 4.69) is 10.2 Å². The second kappa shape index (κ2) is 5.09. The van der Waals surface area contributed by atoms with Gasteiger partial charge in [-0.1, -0.05) is 18.2 Å². The van der Waals surface area contributed by atoms with E-state index in [1.54, 1.807) is 12.1 Å². The molecule has 2 heterocycles. The Morgan fingerprint density at radius 1 is 1.32 bits per heavy atom. The number of aliphatic hydroxyl groups is 1. The van der Waals surface area contributed by atoms with E-state index in [4.69, 9.17) is 0 Å². The zero-order valence-electron chi connectivity index (χ0n) is 10.6. The zero-order valence-corrected chi connectivity index (χ0v) is 10.6. The van der Waals surface area contributed by atoms with E-state index in [0.717, 1.165) is 31.0 Å². The van der Waals surface area contributed by atoms with E-state index in [1.165, 1.54) is 6.07 Å². The Morgan fingerprint density at radius 3 is 2.95 bits per heavy atom. The van der Waals surface area contributed by atoms with Gasteiger partial charge in [-0.2, -0.15) is 0 Å². The Kier molecular flexibility index (Phi) is 3.29. The summed E-state index contributed by atoms with van der Waals surface area (Å²) in [7, 11) is 0. The highest BCUT2D eigenvalue weighted by molar-refractivity contribution is 5.21. The molecule has 1 atom stereocenters. The first-order chi connectivity index (χ1) is 9.28. The van der Waals surface area contributed by atoms with Gasteiger partial charge in [0.1, 0.15) is 17.5 Å². The van der Waals surface area contributed by atoms with Crippen molar-refractivity contribution in [1.82, 2.24) is 14.8 Å². The Balaban J connectivity index is 1.87. The molecular formula is C14H16FN3O. The van der Waals surface area contributed by atoms with E-state index >= 15 is 0 Å². The smallest absolute Gasteiger partial charge is 0.137 e. The summed E-state index contributed by atoms with van der Waals surface area (Å²) in [6.07, 6.45) is 2.21. The molecule has 4 nitrogen and oxygen atoms in total. The van der Waals surface area contributed by atoms with Crippen LogP contribution in [0.1, 0.15) is 23.6 Å². The van der Waals surface area contributed by atoms with Crippen LogP contribution in [0.25, 0.3) is 0 Å². The van der Waals surface area contributed by atoms with Crippen molar-refractivity contribution < 1.29 is 9.50 Å². The van der Waals surface area contributed by atoms with E-state index in [0.29, 0.717) is 12.0 Å². The fourth-order valence-electron chi connectivity index (χ4n) is 2.54. The van der Waals surface area contributed by atoms with Gasteiger partial charge in [-0.3, -0.25) is 0 Å². The molecule has 0 spiro atoms. The van der Waals surface area contributed by atoms with E-state index in [-0.39, 0.29) is 18.3 Å². The molecule has 0 amide bonds. The molecular weight excluding hydrogens is 245 g/mol. The highest BCUT2D eigenvalue weighted by Crippen LogP contribution is 2.21. The van der Waals surface area contributed by atoms with Crippen molar-refractivity contribution in [2.75, 3.05) is 6.61 Å². The molecule has 0 aliphatic carbocycles. The quantitative estimate of drug-likeness (QED) is 0.912. The molecule has 1 aliphatic rings. The highest BCUT2D eigenvalue weighted by atomic mass is 19.1. The summed E-state index contributed by atoms with van der Waals surface area (Å²) in [6.45, 7) is 0.902. The Hall–Kier alpha value is -1.75. The molecule has 19 heavy (non-hydrogen) atoms. The molecule has 0 bridgehead atoms. The second-order valence-electron chi connectivity index (χ2n) is 5.00. The molecule has 1 unspecified atom stereocenters. The van der Waals surface area contributed by atoms with Gasteiger partial charge in [0, 0.05) is 31.9 Å². The van der Waals surface area contributed by atoms with Crippen LogP contribution in [0.2, 0.25) is 0 Å². The predicted octanol–water partition coefficient (Wildman–Crippen LogP) is 1.56. The third-order valence-electron chi connectivity index (χ3n) is 3.69. The lowest BCUT2D eigenvalue weighted by atomic mass is 10.00. The lowest BCUT2D eigenvalue weighted by Crippen LogP contribution is -2.24. The molecule has 1 aliphatic heterocycles. The Labute approximate surface area is 110 Å². The van der Waals surface area contributed by atoms with Crippen molar-refractivity contribution in [2.45, 2.75) is 25.8 Å². The third-order valence-corrected chi connectivity index (χ3v) is 3.69. The molecule has 1 N–H and O–H groups in total. The van der Waals surface area contributed by atoms with Gasteiger partial charge in [0.15, 0.2) is 0 Å². The van der Waals surface area contributed by atoms with Crippen LogP contribution in [0.4, 0.5) is 4.39 Å². The minimum Gasteiger partial charge on any atom is -0.396 e. The Bertz CT molecular complexity index is 582. The fraction of sp³-hybridized carbons (Fsp3) is 0.429. The monoisotopic (exact) mass is 261 g/mol. The van der Waals surface area contributed by atoms with Crippen molar-refractivity contribution in [3.05, 3.63) is 47.3 Å². The number of hydrogen-bond donors (Lipinski definition) is 1. The number of nitrogens with zero attached hydrogens (tertiary/aromatic N) is 3. The van der Waals surface area contributed by atoms with Gasteiger partial charge in [0.2, 0.25) is 0 Å². The van der Waals surface area contributed by atoms with Crippen LogP contribution >= 0.6 is 0 Å². The van der Waals surface area contributed by atoms with Crippen LogP contribution < -0.4 is 0 Å². The van der Waals surface area contributed by atoms with Gasteiger partial charge in [-0.25, -0.2) is 4.39 Å². The van der Waals surface area contributed by atoms with Crippen molar-refractivity contribution in [2.24, 2.45) is 5.92 Å². The molecule has 100 valence electrons. The standard InChI is InChI=1S/C14H16FN3O/c15-12-4-2-1-3-11(12)7-14-17-16-13-6-5-10(9-19)8-18(13)14/h1-4,10,19H,5-9H2. The SMILES string of the molecule is OCC1CCc2nnc(Cc3ccccc3F)n2C1. The molecule has 5 heteroatoms. The zero-order chi connectivity index (χ0) is 13.2. The maximum atomic E-state index is 13.7. The van der Waals surface area contributed by atoms with E-state index in [9.17, 15) is 9.50 Å². The summed E-state index contributed by atoms with van der Waals surface area (Å²) < 4.78 is 15.7. The lowest BCUT2D eigenvalue weighted by molar-refractivity contribution is 0.189. The summed E-state index contributed by atoms with van der Waals surface area (Å²) in [6, 6.07) is 6.73. The van der Waals surface area contributed by atoms with Crippen molar-refractivity contribution in [1.29, 1.82) is 0 Å². The summed E-state index contributed by atoms with van der Waals surface area (Å²) >= 11 is 0. The molecule has 0 saturated heterocycles. The average molecular weight is 261 g/mol. The maximum absolute atomic E-state index is 13.7. The van der Waals surface area contributed by atoms with E-state index in [1.807, 2.05) is 10.6 Å². The fourth-order valence-corrected chi connectivity index (χ4v) is 2.54. The normalized spacial score (nSPS) is 18.3. The van der Waals surface area contributed by atoms with Crippen molar-refractivity contribution >= 4 is 0 Å². The topological polar surface area (TPSA) is 50.9 Å². The minimum atomic E-state index is -0.214. The van der Waals surface area contributed by atoms with Crippen LogP contribution in [0.5, 0.6) is 0 Å². The van der Waals surface area contributed by atoms with Crippen LogP contribution in [-0.2, 0) is 19.4 Å². The van der Waals surface area contributed by atoms with E-state index < -0.39 is 0 Å². The van der Waals surface area contributed by atoms with Gasteiger partial charge in [-0.05, 0) is 18.1 Å². The van der Waals surface area contributed by atoms with Crippen LogP contribution in [0.3, 0.4) is 0 Å². The number of aromatic nitrogens is 3. The van der Waals surface area contributed by atoms with Gasteiger partial charge >= 0.3 is 0 Å². The largest absolute Gasteiger partial charge is 0.396 e. The van der Waals surface area contributed by atoms with Gasteiger partial charge in [0.25, 0.3) is 0 Å². The number of halogens is 1. The van der Waals surface area contributed by atoms with Gasteiger partial charge in [-0.15, -0.1) is 10.2 Å². The van der Waals surface area contributed by atoms with Crippen molar-refractivity contribution in [3.8, 4) is 0 Å². The summed E-state index contributed by atoms with van der Waals surface area (Å²) in [4.78, 5) is 0. The summed E-state index contributed by atoms with van der Waals surface area (Å²) in [5, 5.41) is 17.6. The Morgan fingerprint density at radius 2 is 2.16 bits per heavy atom. The molecule has 0 saturated carbocycles. The number of aryl methyl sites for hydroxylation is 1. The number of benzene rings is 1. The first-order valence-corrected chi connectivity index (χ1v) is 6.53. The van der Waals surface area contributed by atoms with Crippen molar-refractivity contribution in [3.63, 3.8) is 0 Å². The molecule has 1 aromatic carbocycles. The van der Waals surface area contributed by atoms with Crippen LogP contribution in [0, 0.1) is 11.7 Å². The first-order valence-electron chi connectivity index (χ1n) is 6.53. The first kappa shape index (κ1) is 12.3. The van der Waals surface area contributed by atoms with Crippen LogP contribution in [0.15, 0.2) is 24.3 Å². The highest BCUT2D eigenvalue weighted by Gasteiger charge is 2.22. The molecule has 1 aromatic heterocycles. The van der Waals surface area contributed by atoms with Gasteiger partial charge < -0.3 is 9.67 Å².